The molecule has 0 fully saturated rings. The topological polar surface area (TPSA) is 16.1 Å². The number of hydrogen-bond acceptors (Lipinski definition) is 2. The van der Waals surface area contributed by atoms with Gasteiger partial charge in [-0.3, -0.25) is 0 Å². The minimum Gasteiger partial charge on any atom is -0.326 e. The van der Waals surface area contributed by atoms with E-state index in [1.807, 2.05) is 13.0 Å². The van der Waals surface area contributed by atoms with Crippen molar-refractivity contribution in [1.82, 2.24) is 4.98 Å². The smallest absolute Gasteiger partial charge is 0.133 e. The molecule has 1 aliphatic rings. The third kappa shape index (κ3) is 1.97. The van der Waals surface area contributed by atoms with Gasteiger partial charge in [-0.25, -0.2) is 4.98 Å². The van der Waals surface area contributed by atoms with Crippen LogP contribution in [0.5, 0.6) is 0 Å². The quantitative estimate of drug-likeness (QED) is 0.762. The fourth-order valence-electron chi connectivity index (χ4n) is 2.51. The van der Waals surface area contributed by atoms with Crippen molar-refractivity contribution in [3.63, 3.8) is 0 Å². The number of hydrogen-bond donors (Lipinski definition) is 0. The molecule has 2 heterocycles. The standard InChI is InChI=1S/C15H15ClN2/c1-11-8-12(10-16)9-15(17-11)18-7-6-13-4-2-3-5-14(13)18/h2-5,8-9H,6-7,10H2,1H3. The van der Waals surface area contributed by atoms with Crippen LogP contribution in [0.4, 0.5) is 11.5 Å². The number of aryl methyl sites for hydroxylation is 1. The Hall–Kier alpha value is -1.54. The molecular formula is C15H15ClN2. The molecule has 3 heteroatoms. The summed E-state index contributed by atoms with van der Waals surface area (Å²) in [5.74, 6) is 1.54. The lowest BCUT2D eigenvalue weighted by Crippen LogP contribution is -2.15. The van der Waals surface area contributed by atoms with Crippen LogP contribution in [0, 0.1) is 6.92 Å². The normalized spacial score (nSPS) is 13.8. The van der Waals surface area contributed by atoms with Gasteiger partial charge >= 0.3 is 0 Å². The van der Waals surface area contributed by atoms with E-state index in [4.69, 9.17) is 11.6 Å². The van der Waals surface area contributed by atoms with Crippen molar-refractivity contribution in [1.29, 1.82) is 0 Å². The Labute approximate surface area is 112 Å². The number of nitrogens with zero attached hydrogens (tertiary/aromatic N) is 2. The van der Waals surface area contributed by atoms with Crippen LogP contribution >= 0.6 is 11.6 Å². The van der Waals surface area contributed by atoms with Crippen molar-refractivity contribution in [3.8, 4) is 0 Å². The van der Waals surface area contributed by atoms with Gasteiger partial charge in [-0.15, -0.1) is 11.6 Å². The lowest BCUT2D eigenvalue weighted by atomic mass is 10.2. The second-order valence-electron chi connectivity index (χ2n) is 4.64. The zero-order chi connectivity index (χ0) is 12.5. The summed E-state index contributed by atoms with van der Waals surface area (Å²) in [5, 5.41) is 0. The van der Waals surface area contributed by atoms with Gasteiger partial charge in [0, 0.05) is 23.8 Å². The van der Waals surface area contributed by atoms with E-state index in [0.717, 1.165) is 30.0 Å². The van der Waals surface area contributed by atoms with E-state index in [1.165, 1.54) is 11.3 Å². The third-order valence-corrected chi connectivity index (χ3v) is 3.63. The average molecular weight is 259 g/mol. The van der Waals surface area contributed by atoms with Crippen LogP contribution in [-0.2, 0) is 12.3 Å². The summed E-state index contributed by atoms with van der Waals surface area (Å²) in [7, 11) is 0. The van der Waals surface area contributed by atoms with Crippen LogP contribution in [0.15, 0.2) is 36.4 Å². The van der Waals surface area contributed by atoms with Gasteiger partial charge in [0.05, 0.1) is 0 Å². The van der Waals surface area contributed by atoms with Crippen LogP contribution < -0.4 is 4.90 Å². The van der Waals surface area contributed by atoms with E-state index in [1.54, 1.807) is 0 Å². The summed E-state index contributed by atoms with van der Waals surface area (Å²) < 4.78 is 0. The highest BCUT2D eigenvalue weighted by molar-refractivity contribution is 6.17. The molecule has 1 aromatic heterocycles. The first kappa shape index (κ1) is 11.5. The molecule has 0 aliphatic carbocycles. The number of pyridine rings is 1. The van der Waals surface area contributed by atoms with Crippen molar-refractivity contribution in [2.75, 3.05) is 11.4 Å². The van der Waals surface area contributed by atoms with Gasteiger partial charge in [0.2, 0.25) is 0 Å². The molecule has 3 rings (SSSR count). The van der Waals surface area contributed by atoms with Gasteiger partial charge < -0.3 is 4.90 Å². The molecule has 0 spiro atoms. The Kier molecular flexibility index (Phi) is 2.96. The highest BCUT2D eigenvalue weighted by Crippen LogP contribution is 2.33. The summed E-state index contributed by atoms with van der Waals surface area (Å²) in [4.78, 5) is 6.91. The Balaban J connectivity index is 2.04. The molecule has 2 aromatic rings. The van der Waals surface area contributed by atoms with Gasteiger partial charge in [-0.2, -0.15) is 0 Å². The van der Waals surface area contributed by atoms with E-state index in [9.17, 15) is 0 Å². The van der Waals surface area contributed by atoms with Crippen molar-refractivity contribution < 1.29 is 0 Å². The highest BCUT2D eigenvalue weighted by atomic mass is 35.5. The average Bonchev–Trinajstić information content (AvgIpc) is 2.81. The van der Waals surface area contributed by atoms with Crippen LogP contribution in [0.2, 0.25) is 0 Å². The maximum Gasteiger partial charge on any atom is 0.133 e. The first-order valence-electron chi connectivity index (χ1n) is 6.17. The van der Waals surface area contributed by atoms with Crippen LogP contribution in [-0.4, -0.2) is 11.5 Å². The largest absolute Gasteiger partial charge is 0.326 e. The number of aromatic nitrogens is 1. The van der Waals surface area contributed by atoms with E-state index < -0.39 is 0 Å². The van der Waals surface area contributed by atoms with E-state index in [-0.39, 0.29) is 0 Å². The molecule has 0 unspecified atom stereocenters. The summed E-state index contributed by atoms with van der Waals surface area (Å²) >= 11 is 5.93. The highest BCUT2D eigenvalue weighted by Gasteiger charge is 2.20. The molecule has 0 bridgehead atoms. The lowest BCUT2D eigenvalue weighted by molar-refractivity contribution is 0.963. The maximum absolute atomic E-state index is 5.93. The van der Waals surface area contributed by atoms with Crippen molar-refractivity contribution in [3.05, 3.63) is 53.2 Å². The first-order chi connectivity index (χ1) is 8.78. The number of fused-ring (bicyclic) bond motifs is 1. The minimum absolute atomic E-state index is 0.534. The first-order valence-corrected chi connectivity index (χ1v) is 6.70. The molecule has 92 valence electrons. The predicted molar refractivity (Wildman–Crippen MR) is 75.7 cm³/mol. The Morgan fingerprint density at radius 2 is 2.11 bits per heavy atom. The van der Waals surface area contributed by atoms with Gasteiger partial charge in [0.15, 0.2) is 0 Å². The second-order valence-corrected chi connectivity index (χ2v) is 4.91. The van der Waals surface area contributed by atoms with Gasteiger partial charge in [-0.05, 0) is 42.7 Å². The minimum atomic E-state index is 0.534. The van der Waals surface area contributed by atoms with Crippen molar-refractivity contribution in [2.24, 2.45) is 0 Å². The SMILES string of the molecule is Cc1cc(CCl)cc(N2CCc3ccccc32)n1. The van der Waals surface area contributed by atoms with Crippen LogP contribution in [0.3, 0.4) is 0 Å². The molecule has 0 N–H and O–H groups in total. The van der Waals surface area contributed by atoms with Gasteiger partial charge in [-0.1, -0.05) is 18.2 Å². The molecule has 0 amide bonds. The summed E-state index contributed by atoms with van der Waals surface area (Å²) in [6, 6.07) is 12.6. The Morgan fingerprint density at radius 1 is 1.28 bits per heavy atom. The zero-order valence-electron chi connectivity index (χ0n) is 10.4. The monoisotopic (exact) mass is 258 g/mol. The Morgan fingerprint density at radius 3 is 2.94 bits per heavy atom. The molecular weight excluding hydrogens is 244 g/mol. The fraction of sp³-hybridized carbons (Fsp3) is 0.267. The van der Waals surface area contributed by atoms with Gasteiger partial charge in [0.1, 0.15) is 5.82 Å². The number of halogens is 1. The number of benzene rings is 1. The van der Waals surface area contributed by atoms with Gasteiger partial charge in [0.25, 0.3) is 0 Å². The van der Waals surface area contributed by atoms with Crippen molar-refractivity contribution in [2.45, 2.75) is 19.2 Å². The number of anilines is 2. The molecule has 2 nitrogen and oxygen atoms in total. The number of rotatable bonds is 2. The number of alkyl halides is 1. The fourth-order valence-corrected chi connectivity index (χ4v) is 2.67. The van der Waals surface area contributed by atoms with E-state index in [2.05, 4.69) is 40.2 Å². The molecule has 1 aliphatic heterocycles. The van der Waals surface area contributed by atoms with Crippen molar-refractivity contribution >= 4 is 23.1 Å². The molecule has 0 saturated carbocycles. The second kappa shape index (κ2) is 4.62. The summed E-state index contributed by atoms with van der Waals surface area (Å²) in [5.41, 5.74) is 4.82. The third-order valence-electron chi connectivity index (χ3n) is 3.32. The summed E-state index contributed by atoms with van der Waals surface area (Å²) in [6.07, 6.45) is 1.09. The molecule has 0 radical (unpaired) electrons. The van der Waals surface area contributed by atoms with E-state index >= 15 is 0 Å². The molecule has 18 heavy (non-hydrogen) atoms. The van der Waals surface area contributed by atoms with Crippen LogP contribution in [0.1, 0.15) is 16.8 Å². The van der Waals surface area contributed by atoms with Crippen LogP contribution in [0.25, 0.3) is 0 Å². The predicted octanol–water partition coefficient (Wildman–Crippen LogP) is 3.82. The number of para-hydroxylation sites is 1. The zero-order valence-corrected chi connectivity index (χ0v) is 11.1. The summed E-state index contributed by atoms with van der Waals surface area (Å²) in [6.45, 7) is 3.01. The molecule has 0 atom stereocenters. The lowest BCUT2D eigenvalue weighted by Gasteiger charge is -2.19. The molecule has 0 saturated heterocycles. The van der Waals surface area contributed by atoms with E-state index in [0.29, 0.717) is 5.88 Å². The maximum atomic E-state index is 5.93. The Bertz CT molecular complexity index is 580. The molecule has 1 aromatic carbocycles.